The molecule has 0 bridgehead atoms. The smallest absolute Gasteiger partial charge is 0.267 e. The average Bonchev–Trinajstić information content (AvgIpc) is 3.02. The first kappa shape index (κ1) is 15.6. The maximum atomic E-state index is 11.8. The molecule has 0 saturated carbocycles. The van der Waals surface area contributed by atoms with Gasteiger partial charge in [-0.25, -0.2) is 0 Å². The van der Waals surface area contributed by atoms with Crippen LogP contribution >= 0.6 is 0 Å². The van der Waals surface area contributed by atoms with E-state index in [9.17, 15) is 9.59 Å². The first-order valence-electron chi connectivity index (χ1n) is 6.85. The third-order valence-corrected chi connectivity index (χ3v) is 3.03. The molecule has 0 spiro atoms. The number of H-pyrrole nitrogens is 1. The summed E-state index contributed by atoms with van der Waals surface area (Å²) in [4.78, 5) is 25.8. The van der Waals surface area contributed by atoms with Gasteiger partial charge in [-0.05, 0) is 36.4 Å². The maximum absolute atomic E-state index is 11.8. The number of rotatable bonds is 7. The van der Waals surface area contributed by atoms with E-state index in [1.807, 2.05) is 0 Å². The number of amides is 1. The number of carbonyl (C=O) groups is 2. The molecule has 1 aromatic carbocycles. The molecule has 2 rings (SSSR count). The Morgan fingerprint density at radius 3 is 2.27 bits per heavy atom. The molecule has 0 atom stereocenters. The van der Waals surface area contributed by atoms with Crippen molar-refractivity contribution in [3.05, 3.63) is 47.8 Å². The summed E-state index contributed by atoms with van der Waals surface area (Å²) in [5, 5.41) is 2.71. The van der Waals surface area contributed by atoms with Crippen LogP contribution in [0.2, 0.25) is 0 Å². The van der Waals surface area contributed by atoms with Gasteiger partial charge in [0.25, 0.3) is 5.91 Å². The standard InChI is InChI=1S/C16H18N2O4/c1-11(19)14-7-8-15(18-14)16(20)17-9-10-22-13-5-3-12(21-2)4-6-13/h3-8,18H,9-10H2,1-2H3,(H,17,20). The number of ether oxygens (including phenoxy) is 2. The van der Waals surface area contributed by atoms with Crippen molar-refractivity contribution >= 4 is 11.7 Å². The van der Waals surface area contributed by atoms with E-state index in [-0.39, 0.29) is 11.7 Å². The fraction of sp³-hybridized carbons (Fsp3) is 0.250. The fourth-order valence-corrected chi connectivity index (χ4v) is 1.83. The van der Waals surface area contributed by atoms with Crippen LogP contribution in [0.1, 0.15) is 27.9 Å². The number of ketones is 1. The minimum Gasteiger partial charge on any atom is -0.497 e. The maximum Gasteiger partial charge on any atom is 0.267 e. The minimum atomic E-state index is -0.272. The zero-order valence-corrected chi connectivity index (χ0v) is 12.5. The van der Waals surface area contributed by atoms with Crippen LogP contribution < -0.4 is 14.8 Å². The summed E-state index contributed by atoms with van der Waals surface area (Å²) >= 11 is 0. The van der Waals surface area contributed by atoms with Crippen molar-refractivity contribution in [3.8, 4) is 11.5 Å². The number of aromatic amines is 1. The summed E-state index contributed by atoms with van der Waals surface area (Å²) in [5.41, 5.74) is 0.772. The van der Waals surface area contributed by atoms with Gasteiger partial charge in [-0.1, -0.05) is 0 Å². The van der Waals surface area contributed by atoms with Crippen LogP contribution in [0.3, 0.4) is 0 Å². The van der Waals surface area contributed by atoms with Crippen LogP contribution in [0, 0.1) is 0 Å². The zero-order chi connectivity index (χ0) is 15.9. The highest BCUT2D eigenvalue weighted by molar-refractivity contribution is 5.97. The van der Waals surface area contributed by atoms with E-state index in [1.54, 1.807) is 43.5 Å². The average molecular weight is 302 g/mol. The van der Waals surface area contributed by atoms with E-state index in [2.05, 4.69) is 10.3 Å². The highest BCUT2D eigenvalue weighted by Crippen LogP contribution is 2.16. The van der Waals surface area contributed by atoms with E-state index in [0.29, 0.717) is 30.3 Å². The van der Waals surface area contributed by atoms with E-state index in [0.717, 1.165) is 5.75 Å². The van der Waals surface area contributed by atoms with E-state index >= 15 is 0 Å². The fourth-order valence-electron chi connectivity index (χ4n) is 1.83. The molecule has 0 aliphatic heterocycles. The van der Waals surface area contributed by atoms with Gasteiger partial charge in [0.15, 0.2) is 5.78 Å². The Labute approximate surface area is 128 Å². The Balaban J connectivity index is 1.75. The van der Waals surface area contributed by atoms with Crippen LogP contribution in [0.4, 0.5) is 0 Å². The van der Waals surface area contributed by atoms with E-state index in [4.69, 9.17) is 9.47 Å². The number of nitrogens with one attached hydrogen (secondary N) is 2. The molecule has 116 valence electrons. The number of Topliss-reactive ketones (excluding diaryl/α,β-unsaturated/α-hetero) is 1. The van der Waals surface area contributed by atoms with Crippen molar-refractivity contribution < 1.29 is 19.1 Å². The Kier molecular flexibility index (Phi) is 5.19. The predicted molar refractivity (Wildman–Crippen MR) is 81.6 cm³/mol. The number of aromatic nitrogens is 1. The molecule has 22 heavy (non-hydrogen) atoms. The molecular formula is C16H18N2O4. The van der Waals surface area contributed by atoms with Crippen molar-refractivity contribution in [2.45, 2.75) is 6.92 Å². The van der Waals surface area contributed by atoms with E-state index < -0.39 is 0 Å². The molecule has 6 heteroatoms. The molecular weight excluding hydrogens is 284 g/mol. The molecule has 0 radical (unpaired) electrons. The van der Waals surface area contributed by atoms with Gasteiger partial charge >= 0.3 is 0 Å². The first-order chi connectivity index (χ1) is 10.6. The van der Waals surface area contributed by atoms with Gasteiger partial charge in [0.1, 0.15) is 23.8 Å². The molecule has 1 aromatic heterocycles. The van der Waals surface area contributed by atoms with Crippen molar-refractivity contribution in [2.24, 2.45) is 0 Å². The van der Waals surface area contributed by atoms with Crippen molar-refractivity contribution in [1.82, 2.24) is 10.3 Å². The number of methoxy groups -OCH3 is 1. The second-order valence-corrected chi connectivity index (χ2v) is 4.62. The second-order valence-electron chi connectivity index (χ2n) is 4.62. The van der Waals surface area contributed by atoms with Gasteiger partial charge < -0.3 is 19.8 Å². The molecule has 1 amide bonds. The monoisotopic (exact) mass is 302 g/mol. The first-order valence-corrected chi connectivity index (χ1v) is 6.85. The van der Waals surface area contributed by atoms with Crippen LogP contribution in [-0.2, 0) is 0 Å². The van der Waals surface area contributed by atoms with Gasteiger partial charge in [-0.15, -0.1) is 0 Å². The van der Waals surface area contributed by atoms with Crippen LogP contribution in [0.25, 0.3) is 0 Å². The van der Waals surface area contributed by atoms with Crippen LogP contribution in [0.5, 0.6) is 11.5 Å². The van der Waals surface area contributed by atoms with Crippen molar-refractivity contribution in [2.75, 3.05) is 20.3 Å². The highest BCUT2D eigenvalue weighted by atomic mass is 16.5. The molecule has 0 fully saturated rings. The van der Waals surface area contributed by atoms with Gasteiger partial charge in [0.2, 0.25) is 0 Å². The Morgan fingerprint density at radius 1 is 1.05 bits per heavy atom. The van der Waals surface area contributed by atoms with Crippen LogP contribution in [-0.4, -0.2) is 36.9 Å². The lowest BCUT2D eigenvalue weighted by Crippen LogP contribution is -2.28. The lowest BCUT2D eigenvalue weighted by atomic mass is 10.3. The Hall–Kier alpha value is -2.76. The third kappa shape index (κ3) is 4.12. The summed E-state index contributed by atoms with van der Waals surface area (Å²) in [6.45, 7) is 2.15. The molecule has 2 aromatic rings. The SMILES string of the molecule is COc1ccc(OCCNC(=O)c2ccc(C(C)=O)[nH]2)cc1. The predicted octanol–water partition coefficient (Wildman–Crippen LogP) is 2.03. The molecule has 0 aliphatic carbocycles. The van der Waals surface area contributed by atoms with E-state index in [1.165, 1.54) is 6.92 Å². The molecule has 1 heterocycles. The quantitative estimate of drug-likeness (QED) is 0.606. The highest BCUT2D eigenvalue weighted by Gasteiger charge is 2.09. The lowest BCUT2D eigenvalue weighted by Gasteiger charge is -2.08. The lowest BCUT2D eigenvalue weighted by molar-refractivity contribution is 0.0942. The van der Waals surface area contributed by atoms with Gasteiger partial charge in [0.05, 0.1) is 19.3 Å². The van der Waals surface area contributed by atoms with Crippen molar-refractivity contribution in [3.63, 3.8) is 0 Å². The van der Waals surface area contributed by atoms with Gasteiger partial charge in [-0.3, -0.25) is 9.59 Å². The normalized spacial score (nSPS) is 10.1. The molecule has 0 unspecified atom stereocenters. The second kappa shape index (κ2) is 7.31. The largest absolute Gasteiger partial charge is 0.497 e. The summed E-state index contributed by atoms with van der Waals surface area (Å²) in [6, 6.07) is 10.4. The molecule has 0 saturated heterocycles. The number of hydrogen-bond donors (Lipinski definition) is 2. The summed E-state index contributed by atoms with van der Waals surface area (Å²) in [7, 11) is 1.60. The minimum absolute atomic E-state index is 0.109. The summed E-state index contributed by atoms with van der Waals surface area (Å²) in [5.74, 6) is 1.08. The number of benzene rings is 1. The van der Waals surface area contributed by atoms with Gasteiger partial charge in [-0.2, -0.15) is 0 Å². The molecule has 0 aliphatic rings. The number of carbonyl (C=O) groups excluding carboxylic acids is 2. The zero-order valence-electron chi connectivity index (χ0n) is 12.5. The molecule has 6 nitrogen and oxygen atoms in total. The van der Waals surface area contributed by atoms with Crippen molar-refractivity contribution in [1.29, 1.82) is 0 Å². The Morgan fingerprint density at radius 2 is 1.68 bits per heavy atom. The number of hydrogen-bond acceptors (Lipinski definition) is 4. The van der Waals surface area contributed by atoms with Gasteiger partial charge in [0, 0.05) is 6.92 Å². The summed E-state index contributed by atoms with van der Waals surface area (Å²) in [6.07, 6.45) is 0. The molecule has 2 N–H and O–H groups in total. The summed E-state index contributed by atoms with van der Waals surface area (Å²) < 4.78 is 10.6. The van der Waals surface area contributed by atoms with Crippen LogP contribution in [0.15, 0.2) is 36.4 Å². The topological polar surface area (TPSA) is 80.4 Å². The third-order valence-electron chi connectivity index (χ3n) is 3.03. The Bertz CT molecular complexity index is 646.